The summed E-state index contributed by atoms with van der Waals surface area (Å²) in [6.07, 6.45) is 4.78. The molecular weight excluding hydrogens is 632 g/mol. The Kier molecular flexibility index (Phi) is 10.3. The minimum Gasteiger partial charge on any atom is -0.494 e. The van der Waals surface area contributed by atoms with Crippen molar-refractivity contribution in [3.63, 3.8) is 0 Å². The predicted octanol–water partition coefficient (Wildman–Crippen LogP) is 5.30. The standard InChI is InChI=1S/C35H49F2N9O3/c1-6-31(47)39-27-19-28(30(49-5)20-29(27)44-13-9-25(10-14-44)43-17-15-42(4)16-18-43)40-33-38-21-24-22-45(23(2)3)34(48)46(32(24)41-33)26-7-11-35(36,37)12-8-26/h6,19-21,23,25-26H,1,7-18,22H2,2-5H3,(H,39,47)(H,38,40,41). The van der Waals surface area contributed by atoms with Gasteiger partial charge in [0.15, 0.2) is 0 Å². The molecule has 2 N–H and O–H groups in total. The number of ether oxygens (including phenoxy) is 1. The van der Waals surface area contributed by atoms with E-state index in [1.165, 1.54) is 6.08 Å². The molecule has 0 atom stereocenters. The highest BCUT2D eigenvalue weighted by Crippen LogP contribution is 2.42. The molecule has 0 radical (unpaired) electrons. The van der Waals surface area contributed by atoms with Crippen molar-refractivity contribution in [2.45, 2.75) is 83.0 Å². The maximum absolute atomic E-state index is 14.1. The van der Waals surface area contributed by atoms with Gasteiger partial charge in [0.25, 0.3) is 0 Å². The number of nitrogens with one attached hydrogen (secondary N) is 2. The fourth-order valence-electron chi connectivity index (χ4n) is 7.43. The van der Waals surface area contributed by atoms with Gasteiger partial charge < -0.3 is 30.1 Å². The van der Waals surface area contributed by atoms with Gasteiger partial charge in [0.2, 0.25) is 17.8 Å². The molecule has 1 aliphatic carbocycles. The number of alkyl halides is 2. The molecule has 49 heavy (non-hydrogen) atoms. The molecule has 2 aromatic rings. The first-order valence-electron chi connectivity index (χ1n) is 17.4. The minimum atomic E-state index is -2.73. The van der Waals surface area contributed by atoms with E-state index < -0.39 is 12.0 Å². The first-order valence-corrected chi connectivity index (χ1v) is 17.4. The number of hydrogen-bond donors (Lipinski definition) is 2. The average molecular weight is 682 g/mol. The zero-order chi connectivity index (χ0) is 34.9. The second-order valence-corrected chi connectivity index (χ2v) is 13.9. The van der Waals surface area contributed by atoms with Crippen LogP contribution < -0.4 is 25.2 Å². The Morgan fingerprint density at radius 2 is 1.73 bits per heavy atom. The van der Waals surface area contributed by atoms with E-state index in [0.717, 1.165) is 63.4 Å². The zero-order valence-electron chi connectivity index (χ0n) is 29.1. The van der Waals surface area contributed by atoms with E-state index in [9.17, 15) is 18.4 Å². The monoisotopic (exact) mass is 681 g/mol. The minimum absolute atomic E-state index is 0.0875. The Labute approximate surface area is 287 Å². The van der Waals surface area contributed by atoms with Gasteiger partial charge in [-0.25, -0.2) is 18.6 Å². The van der Waals surface area contributed by atoms with Crippen molar-refractivity contribution in [1.82, 2.24) is 24.7 Å². The van der Waals surface area contributed by atoms with E-state index in [4.69, 9.17) is 9.72 Å². The van der Waals surface area contributed by atoms with E-state index in [2.05, 4.69) is 43.9 Å². The number of carbonyl (C=O) groups is 2. The molecule has 0 unspecified atom stereocenters. The molecule has 4 heterocycles. The van der Waals surface area contributed by atoms with Crippen LogP contribution in [0.5, 0.6) is 5.75 Å². The van der Waals surface area contributed by atoms with Gasteiger partial charge in [0.1, 0.15) is 11.6 Å². The lowest BCUT2D eigenvalue weighted by atomic mass is 9.90. The summed E-state index contributed by atoms with van der Waals surface area (Å²) >= 11 is 0. The highest BCUT2D eigenvalue weighted by Gasteiger charge is 2.43. The maximum atomic E-state index is 14.1. The molecule has 1 aromatic heterocycles. The number of rotatable bonds is 9. The van der Waals surface area contributed by atoms with Gasteiger partial charge >= 0.3 is 6.03 Å². The summed E-state index contributed by atoms with van der Waals surface area (Å²) in [6, 6.07) is 3.52. The number of fused-ring (bicyclic) bond motifs is 1. The van der Waals surface area contributed by atoms with Gasteiger partial charge in [0.05, 0.1) is 30.7 Å². The molecule has 1 saturated carbocycles. The number of anilines is 5. The summed E-state index contributed by atoms with van der Waals surface area (Å²) < 4.78 is 34.1. The van der Waals surface area contributed by atoms with Gasteiger partial charge in [-0.1, -0.05) is 6.58 Å². The van der Waals surface area contributed by atoms with Gasteiger partial charge in [-0.3, -0.25) is 14.6 Å². The van der Waals surface area contributed by atoms with Crippen molar-refractivity contribution < 1.29 is 23.1 Å². The largest absolute Gasteiger partial charge is 0.494 e. The quantitative estimate of drug-likeness (QED) is 0.341. The second-order valence-electron chi connectivity index (χ2n) is 13.9. The molecule has 3 amide bonds. The normalized spacial score (nSPS) is 21.1. The highest BCUT2D eigenvalue weighted by molar-refractivity contribution is 6.02. The van der Waals surface area contributed by atoms with Gasteiger partial charge in [-0.15, -0.1) is 0 Å². The molecule has 1 aromatic carbocycles. The summed E-state index contributed by atoms with van der Waals surface area (Å²) in [7, 11) is 3.75. The Bertz CT molecular complexity index is 1530. The number of methoxy groups -OCH3 is 1. The number of piperazine rings is 1. The molecule has 3 fully saturated rings. The number of likely N-dealkylation sites (N-methyl/N-ethyl adjacent to an activating group) is 1. The van der Waals surface area contributed by atoms with Crippen LogP contribution in [-0.2, 0) is 11.3 Å². The Balaban J connectivity index is 1.27. The van der Waals surface area contributed by atoms with Crippen LogP contribution in [0, 0.1) is 0 Å². The number of amides is 3. The molecule has 6 rings (SSSR count). The number of piperidine rings is 1. The van der Waals surface area contributed by atoms with Crippen LogP contribution in [0.2, 0.25) is 0 Å². The molecule has 266 valence electrons. The van der Waals surface area contributed by atoms with E-state index in [0.29, 0.717) is 35.5 Å². The number of carbonyl (C=O) groups excluding carboxylic acids is 2. The number of nitrogens with zero attached hydrogens (tertiary/aromatic N) is 7. The number of benzene rings is 1. The number of halogens is 2. The second kappa shape index (κ2) is 14.4. The van der Waals surface area contributed by atoms with Crippen LogP contribution in [0.25, 0.3) is 0 Å². The van der Waals surface area contributed by atoms with Crippen LogP contribution in [0.15, 0.2) is 31.0 Å². The highest BCUT2D eigenvalue weighted by atomic mass is 19.3. The van der Waals surface area contributed by atoms with Crippen molar-refractivity contribution >= 4 is 40.8 Å². The van der Waals surface area contributed by atoms with Gasteiger partial charge in [-0.2, -0.15) is 4.98 Å². The fourth-order valence-corrected chi connectivity index (χ4v) is 7.43. The summed E-state index contributed by atoms with van der Waals surface area (Å²) in [5.41, 5.74) is 2.71. The first kappa shape index (κ1) is 34.8. The molecule has 12 nitrogen and oxygen atoms in total. The molecule has 3 aliphatic heterocycles. The topological polar surface area (TPSA) is 109 Å². The molecule has 2 saturated heterocycles. The lowest BCUT2D eigenvalue weighted by Crippen LogP contribution is -2.55. The van der Waals surface area contributed by atoms with Crippen molar-refractivity contribution in [1.29, 1.82) is 0 Å². The third kappa shape index (κ3) is 7.59. The van der Waals surface area contributed by atoms with Crippen molar-refractivity contribution in [2.24, 2.45) is 0 Å². The number of urea groups is 1. The van der Waals surface area contributed by atoms with Crippen LogP contribution in [0.1, 0.15) is 57.9 Å². The van der Waals surface area contributed by atoms with Gasteiger partial charge in [0, 0.05) is 88.1 Å². The third-order valence-corrected chi connectivity index (χ3v) is 10.4. The number of hydrogen-bond acceptors (Lipinski definition) is 9. The van der Waals surface area contributed by atoms with Crippen LogP contribution >= 0.6 is 0 Å². The third-order valence-electron chi connectivity index (χ3n) is 10.4. The SMILES string of the molecule is C=CC(=O)Nc1cc(Nc2ncc3c(n2)N(C2CCC(F)(F)CC2)C(=O)N(C(C)C)C3)c(OC)cc1N1CCC(N2CCN(C)CC2)CC1. The van der Waals surface area contributed by atoms with E-state index in [-0.39, 0.29) is 49.6 Å². The zero-order valence-corrected chi connectivity index (χ0v) is 29.1. The van der Waals surface area contributed by atoms with Crippen LogP contribution in [0.4, 0.5) is 42.4 Å². The Morgan fingerprint density at radius 3 is 2.37 bits per heavy atom. The maximum Gasteiger partial charge on any atom is 0.326 e. The summed E-state index contributed by atoms with van der Waals surface area (Å²) in [6.45, 7) is 13.8. The predicted molar refractivity (Wildman–Crippen MR) is 187 cm³/mol. The lowest BCUT2D eigenvalue weighted by molar-refractivity contribution is -0.111. The molecule has 4 aliphatic rings. The molecule has 14 heteroatoms. The Hall–Kier alpha value is -4.04. The molecular formula is C35H49F2N9O3. The van der Waals surface area contributed by atoms with Crippen molar-refractivity contribution in [2.75, 3.05) is 73.9 Å². The van der Waals surface area contributed by atoms with E-state index >= 15 is 0 Å². The first-order chi connectivity index (χ1) is 23.5. The van der Waals surface area contributed by atoms with E-state index in [1.54, 1.807) is 29.2 Å². The lowest BCUT2D eigenvalue weighted by Gasteiger charge is -2.43. The smallest absolute Gasteiger partial charge is 0.326 e. The summed E-state index contributed by atoms with van der Waals surface area (Å²) in [4.78, 5) is 46.3. The Morgan fingerprint density at radius 1 is 1.04 bits per heavy atom. The summed E-state index contributed by atoms with van der Waals surface area (Å²) in [5, 5.41) is 6.22. The molecule has 0 bridgehead atoms. The summed E-state index contributed by atoms with van der Waals surface area (Å²) in [5.74, 6) is -1.89. The number of aromatic nitrogens is 2. The van der Waals surface area contributed by atoms with Crippen LogP contribution in [0.3, 0.4) is 0 Å². The average Bonchev–Trinajstić information content (AvgIpc) is 3.09. The van der Waals surface area contributed by atoms with Crippen LogP contribution in [-0.4, -0.2) is 114 Å². The van der Waals surface area contributed by atoms with Crippen molar-refractivity contribution in [3.05, 3.63) is 36.5 Å². The van der Waals surface area contributed by atoms with E-state index in [1.807, 2.05) is 19.9 Å². The molecule has 0 spiro atoms. The van der Waals surface area contributed by atoms with Crippen molar-refractivity contribution in [3.8, 4) is 5.75 Å². The fraction of sp³-hybridized carbons (Fsp3) is 0.600. The van der Waals surface area contributed by atoms with Gasteiger partial charge in [-0.05, 0) is 58.7 Å².